The predicted molar refractivity (Wildman–Crippen MR) is 130 cm³/mol. The van der Waals surface area contributed by atoms with Crippen LogP contribution in [0.1, 0.15) is 27.5 Å². The van der Waals surface area contributed by atoms with Crippen molar-refractivity contribution in [3.63, 3.8) is 0 Å². The first-order chi connectivity index (χ1) is 16.4. The largest absolute Gasteiger partial charge is 0.497 e. The monoisotopic (exact) mass is 519 g/mol. The van der Waals surface area contributed by atoms with E-state index in [1.54, 1.807) is 43.5 Å². The molecule has 3 aromatic carbocycles. The van der Waals surface area contributed by atoms with E-state index >= 15 is 0 Å². The number of methoxy groups -OCH3 is 1. The maximum Gasteiger partial charge on any atom is 0.268 e. The Hall–Kier alpha value is -3.49. The number of nitrogens with zero attached hydrogens (tertiary/aromatic N) is 2. The highest BCUT2D eigenvalue weighted by Crippen LogP contribution is 2.42. The minimum Gasteiger partial charge on any atom is -0.497 e. The number of carbonyl (C=O) groups excluding carboxylic acids is 3. The normalized spacial score (nSPS) is 21.7. The van der Waals surface area contributed by atoms with Crippen molar-refractivity contribution >= 4 is 39.3 Å². The van der Waals surface area contributed by atoms with Crippen LogP contribution in [-0.2, 0) is 9.59 Å². The van der Waals surface area contributed by atoms with Gasteiger partial charge in [0.05, 0.1) is 24.8 Å². The lowest BCUT2D eigenvalue weighted by Crippen LogP contribution is -2.48. The summed E-state index contributed by atoms with van der Waals surface area (Å²) in [5, 5.41) is 1.31. The lowest BCUT2D eigenvalue weighted by Gasteiger charge is -2.25. The number of imide groups is 1. The number of halogens is 1. The van der Waals surface area contributed by atoms with E-state index < -0.39 is 23.9 Å². The van der Waals surface area contributed by atoms with Crippen LogP contribution in [-0.4, -0.2) is 35.9 Å². The minimum absolute atomic E-state index is 0.344. The molecule has 0 unspecified atom stereocenters. The Morgan fingerprint density at radius 3 is 2.41 bits per heavy atom. The second kappa shape index (κ2) is 8.70. The minimum atomic E-state index is -0.975. The third-order valence-electron chi connectivity index (χ3n) is 6.27. The van der Waals surface area contributed by atoms with Gasteiger partial charge in [-0.2, -0.15) is 0 Å². The van der Waals surface area contributed by atoms with Crippen LogP contribution in [0, 0.1) is 12.8 Å². The second-order valence-electron chi connectivity index (χ2n) is 8.39. The van der Waals surface area contributed by atoms with E-state index in [0.717, 1.165) is 15.6 Å². The van der Waals surface area contributed by atoms with Gasteiger partial charge in [-0.05, 0) is 55.0 Å². The van der Waals surface area contributed by atoms with Gasteiger partial charge < -0.3 is 4.74 Å². The molecule has 8 heteroatoms. The predicted octanol–water partition coefficient (Wildman–Crippen LogP) is 4.03. The zero-order valence-electron chi connectivity index (χ0n) is 18.6. The molecule has 7 nitrogen and oxygen atoms in total. The summed E-state index contributed by atoms with van der Waals surface area (Å²) >= 11 is 3.39. The van der Waals surface area contributed by atoms with Gasteiger partial charge >= 0.3 is 0 Å². The fourth-order valence-corrected chi connectivity index (χ4v) is 4.99. The Kier molecular flexibility index (Phi) is 5.71. The Morgan fingerprint density at radius 1 is 0.971 bits per heavy atom. The number of hydrogen-bond acceptors (Lipinski definition) is 5. The topological polar surface area (TPSA) is 79.0 Å². The van der Waals surface area contributed by atoms with E-state index in [1.807, 2.05) is 43.3 Å². The summed E-state index contributed by atoms with van der Waals surface area (Å²) in [6.07, 6.45) is 0. The zero-order valence-corrected chi connectivity index (χ0v) is 20.2. The molecule has 0 bridgehead atoms. The fourth-order valence-electron chi connectivity index (χ4n) is 4.60. The van der Waals surface area contributed by atoms with Gasteiger partial charge in [-0.25, -0.2) is 10.3 Å². The number of nitrogens with one attached hydrogen (secondary N) is 1. The molecule has 2 heterocycles. The molecular formula is C26H22BrN3O4. The highest BCUT2D eigenvalue weighted by atomic mass is 79.9. The van der Waals surface area contributed by atoms with Crippen molar-refractivity contribution in [2.45, 2.75) is 19.0 Å². The number of hydrazine groups is 1. The summed E-state index contributed by atoms with van der Waals surface area (Å²) in [4.78, 5) is 42.0. The lowest BCUT2D eigenvalue weighted by molar-refractivity contribution is -0.123. The Morgan fingerprint density at radius 2 is 1.71 bits per heavy atom. The van der Waals surface area contributed by atoms with Crippen LogP contribution in [0.5, 0.6) is 5.75 Å². The first-order valence-electron chi connectivity index (χ1n) is 10.8. The zero-order chi connectivity index (χ0) is 24.0. The SMILES string of the molecule is COc1cccc([C@@H]2NN(C(=O)c3cccc(Br)c3)[C@H]3C(=O)N(c4ccc(C)cc4)C(=O)[C@H]23)c1. The number of rotatable bonds is 4. The van der Waals surface area contributed by atoms with Crippen molar-refractivity contribution in [3.05, 3.63) is 94.0 Å². The first-order valence-corrected chi connectivity index (χ1v) is 11.6. The van der Waals surface area contributed by atoms with E-state index in [-0.39, 0.29) is 11.8 Å². The standard InChI is InChI=1S/C26H22BrN3O4/c1-15-9-11-19(12-10-15)29-25(32)21-22(16-5-4-8-20(14-16)34-2)28-30(23(21)26(29)33)24(31)17-6-3-7-18(27)13-17/h3-14,21-23,28H,1-2H3/t21-,22+,23-/m1/s1. The molecule has 1 N–H and O–H groups in total. The number of hydrogen-bond donors (Lipinski definition) is 1. The van der Waals surface area contributed by atoms with Crippen LogP contribution in [0.2, 0.25) is 0 Å². The molecule has 2 saturated heterocycles. The molecule has 3 aromatic rings. The van der Waals surface area contributed by atoms with Crippen LogP contribution in [0.25, 0.3) is 0 Å². The molecule has 3 atom stereocenters. The molecule has 2 aliphatic rings. The van der Waals surface area contributed by atoms with E-state index in [1.165, 1.54) is 9.91 Å². The highest BCUT2D eigenvalue weighted by molar-refractivity contribution is 9.10. The summed E-state index contributed by atoms with van der Waals surface area (Å²) in [6, 6.07) is 19.9. The first kappa shape index (κ1) is 22.3. The van der Waals surface area contributed by atoms with Gasteiger partial charge in [0.2, 0.25) is 5.91 Å². The number of benzene rings is 3. The Bertz CT molecular complexity index is 1290. The number of carbonyl (C=O) groups is 3. The average Bonchev–Trinajstić information content (AvgIpc) is 3.36. The van der Waals surface area contributed by atoms with E-state index in [0.29, 0.717) is 17.0 Å². The maximum atomic E-state index is 13.7. The average molecular weight is 520 g/mol. The molecule has 0 spiro atoms. The molecule has 0 saturated carbocycles. The maximum absolute atomic E-state index is 13.7. The van der Waals surface area contributed by atoms with Crippen molar-refractivity contribution in [2.75, 3.05) is 12.0 Å². The lowest BCUT2D eigenvalue weighted by atomic mass is 9.90. The van der Waals surface area contributed by atoms with Crippen LogP contribution in [0.4, 0.5) is 5.69 Å². The molecule has 34 heavy (non-hydrogen) atoms. The van der Waals surface area contributed by atoms with Crippen LogP contribution in [0.3, 0.4) is 0 Å². The highest BCUT2D eigenvalue weighted by Gasteiger charge is 2.60. The van der Waals surface area contributed by atoms with Crippen LogP contribution >= 0.6 is 15.9 Å². The number of fused-ring (bicyclic) bond motifs is 1. The van der Waals surface area contributed by atoms with Crippen molar-refractivity contribution in [1.29, 1.82) is 0 Å². The van der Waals surface area contributed by atoms with Crippen LogP contribution in [0.15, 0.2) is 77.3 Å². The quantitative estimate of drug-likeness (QED) is 0.526. The summed E-state index contributed by atoms with van der Waals surface area (Å²) in [6.45, 7) is 1.94. The van der Waals surface area contributed by atoms with Gasteiger partial charge in [-0.1, -0.05) is 51.8 Å². The number of aryl methyl sites for hydroxylation is 1. The summed E-state index contributed by atoms with van der Waals surface area (Å²) in [7, 11) is 1.57. The summed E-state index contributed by atoms with van der Waals surface area (Å²) in [5.74, 6) is -1.31. The van der Waals surface area contributed by atoms with Crippen molar-refractivity contribution in [2.24, 2.45) is 5.92 Å². The number of amides is 3. The Balaban J connectivity index is 1.59. The van der Waals surface area contributed by atoms with E-state index in [2.05, 4.69) is 21.4 Å². The van der Waals surface area contributed by atoms with Gasteiger partial charge in [0.15, 0.2) is 0 Å². The smallest absolute Gasteiger partial charge is 0.268 e. The molecule has 2 aliphatic heterocycles. The summed E-state index contributed by atoms with van der Waals surface area (Å²) < 4.78 is 6.10. The number of anilines is 1. The molecule has 0 aliphatic carbocycles. The molecule has 172 valence electrons. The fraction of sp³-hybridized carbons (Fsp3) is 0.192. The molecule has 2 fully saturated rings. The van der Waals surface area contributed by atoms with E-state index in [4.69, 9.17) is 4.74 Å². The number of ether oxygens (including phenoxy) is 1. The molecular weight excluding hydrogens is 498 g/mol. The molecule has 0 aromatic heterocycles. The molecule has 5 rings (SSSR count). The van der Waals surface area contributed by atoms with Gasteiger partial charge in [-0.3, -0.25) is 19.4 Å². The van der Waals surface area contributed by atoms with Gasteiger partial charge in [0.1, 0.15) is 11.8 Å². The van der Waals surface area contributed by atoms with E-state index in [9.17, 15) is 14.4 Å². The Labute approximate surface area is 205 Å². The van der Waals surface area contributed by atoms with Gasteiger partial charge in [-0.15, -0.1) is 0 Å². The van der Waals surface area contributed by atoms with Gasteiger partial charge in [0.25, 0.3) is 11.8 Å². The van der Waals surface area contributed by atoms with Crippen molar-refractivity contribution in [3.8, 4) is 5.75 Å². The second-order valence-corrected chi connectivity index (χ2v) is 9.30. The van der Waals surface area contributed by atoms with Crippen molar-refractivity contribution in [1.82, 2.24) is 10.4 Å². The third-order valence-corrected chi connectivity index (χ3v) is 6.76. The molecule has 3 amide bonds. The molecule has 0 radical (unpaired) electrons. The van der Waals surface area contributed by atoms with Gasteiger partial charge in [0, 0.05) is 10.0 Å². The summed E-state index contributed by atoms with van der Waals surface area (Å²) in [5.41, 5.74) is 5.84. The van der Waals surface area contributed by atoms with Crippen LogP contribution < -0.4 is 15.1 Å². The van der Waals surface area contributed by atoms with Crippen molar-refractivity contribution < 1.29 is 19.1 Å². The third kappa shape index (κ3) is 3.69.